The van der Waals surface area contributed by atoms with Crippen LogP contribution in [0.5, 0.6) is 0 Å². The lowest BCUT2D eigenvalue weighted by atomic mass is 9.65. The first-order valence-corrected chi connectivity index (χ1v) is 10.1. The molecular formula is C22H24N2O3. The van der Waals surface area contributed by atoms with Crippen molar-refractivity contribution < 1.29 is 14.3 Å². The molecule has 0 unspecified atom stereocenters. The van der Waals surface area contributed by atoms with Gasteiger partial charge in [-0.25, -0.2) is 4.79 Å². The van der Waals surface area contributed by atoms with Crippen LogP contribution < -0.4 is 0 Å². The number of rotatable bonds is 2. The molecule has 0 amide bonds. The van der Waals surface area contributed by atoms with E-state index in [4.69, 9.17) is 9.47 Å². The molecule has 140 valence electrons. The van der Waals surface area contributed by atoms with Crippen molar-refractivity contribution in [1.29, 1.82) is 0 Å². The molecule has 4 aliphatic rings. The van der Waals surface area contributed by atoms with Crippen LogP contribution in [0.2, 0.25) is 0 Å². The summed E-state index contributed by atoms with van der Waals surface area (Å²) in [5.74, 6) is -0.220. The number of ether oxygens (including phenoxy) is 2. The van der Waals surface area contributed by atoms with Crippen molar-refractivity contribution in [3.05, 3.63) is 41.6 Å². The number of carbonyl (C=O) groups excluding carboxylic acids is 1. The van der Waals surface area contributed by atoms with Gasteiger partial charge in [-0.1, -0.05) is 18.2 Å². The highest BCUT2D eigenvalue weighted by molar-refractivity contribution is 6.13. The molecule has 1 aromatic heterocycles. The molecule has 0 N–H and O–H groups in total. The topological polar surface area (TPSA) is 43.7 Å². The van der Waals surface area contributed by atoms with E-state index in [0.717, 1.165) is 44.5 Å². The van der Waals surface area contributed by atoms with E-state index in [9.17, 15) is 4.79 Å². The number of hydrogen-bond acceptors (Lipinski definition) is 4. The molecule has 0 radical (unpaired) electrons. The summed E-state index contributed by atoms with van der Waals surface area (Å²) >= 11 is 0. The number of nitrogens with zero attached hydrogens (tertiary/aromatic N) is 2. The molecule has 3 atom stereocenters. The number of aromatic nitrogens is 1. The molecule has 0 saturated carbocycles. The van der Waals surface area contributed by atoms with Crippen LogP contribution in [0.15, 0.2) is 30.3 Å². The van der Waals surface area contributed by atoms with Gasteiger partial charge in [-0.3, -0.25) is 4.90 Å². The summed E-state index contributed by atoms with van der Waals surface area (Å²) in [5.41, 5.74) is 4.42. The van der Waals surface area contributed by atoms with E-state index >= 15 is 0 Å². The number of fused-ring (bicyclic) bond motifs is 3. The molecule has 1 spiro atoms. The Labute approximate surface area is 158 Å². The second kappa shape index (κ2) is 5.46. The Morgan fingerprint density at radius 1 is 1.33 bits per heavy atom. The van der Waals surface area contributed by atoms with Gasteiger partial charge in [0.15, 0.2) is 0 Å². The first kappa shape index (κ1) is 15.9. The smallest absolute Gasteiger partial charge is 0.354 e. The van der Waals surface area contributed by atoms with Gasteiger partial charge in [-0.05, 0) is 43.9 Å². The van der Waals surface area contributed by atoms with Crippen molar-refractivity contribution in [2.75, 3.05) is 26.3 Å². The van der Waals surface area contributed by atoms with E-state index in [2.05, 4.69) is 39.8 Å². The van der Waals surface area contributed by atoms with E-state index in [1.54, 1.807) is 0 Å². The third-order valence-corrected chi connectivity index (χ3v) is 7.07. The number of para-hydroxylation sites is 1. The average Bonchev–Trinajstić information content (AvgIpc) is 3.25. The molecule has 2 fully saturated rings. The molecule has 0 bridgehead atoms. The van der Waals surface area contributed by atoms with Gasteiger partial charge in [0.05, 0.1) is 24.3 Å². The number of hydrogen-bond donors (Lipinski definition) is 0. The van der Waals surface area contributed by atoms with Gasteiger partial charge in [0, 0.05) is 36.2 Å². The first-order chi connectivity index (χ1) is 13.2. The lowest BCUT2D eigenvalue weighted by Crippen LogP contribution is -2.55. The molecule has 0 aliphatic carbocycles. The van der Waals surface area contributed by atoms with Gasteiger partial charge in [0.25, 0.3) is 0 Å². The summed E-state index contributed by atoms with van der Waals surface area (Å²) < 4.78 is 13.9. The number of carbonyl (C=O) groups is 1. The molecule has 6 rings (SSSR count). The van der Waals surface area contributed by atoms with Crippen LogP contribution >= 0.6 is 0 Å². The predicted molar refractivity (Wildman–Crippen MR) is 102 cm³/mol. The minimum atomic E-state index is -0.220. The maximum absolute atomic E-state index is 13.0. The van der Waals surface area contributed by atoms with Gasteiger partial charge in [0.1, 0.15) is 5.70 Å². The van der Waals surface area contributed by atoms with Crippen LogP contribution in [0.4, 0.5) is 0 Å². The molecule has 5 heteroatoms. The summed E-state index contributed by atoms with van der Waals surface area (Å²) in [5, 5.41) is 1.28. The van der Waals surface area contributed by atoms with Crippen LogP contribution in [0, 0.1) is 5.41 Å². The Morgan fingerprint density at radius 2 is 2.22 bits per heavy atom. The molecule has 2 saturated heterocycles. The van der Waals surface area contributed by atoms with E-state index in [0.29, 0.717) is 18.3 Å². The Bertz CT molecular complexity index is 991. The molecule has 27 heavy (non-hydrogen) atoms. The van der Waals surface area contributed by atoms with Crippen molar-refractivity contribution in [3.8, 4) is 0 Å². The Morgan fingerprint density at radius 3 is 3.11 bits per heavy atom. The van der Waals surface area contributed by atoms with Crippen LogP contribution in [0.25, 0.3) is 16.6 Å². The summed E-state index contributed by atoms with van der Waals surface area (Å²) in [6.45, 7) is 5.19. The number of piperidine rings is 1. The lowest BCUT2D eigenvalue weighted by Gasteiger charge is -2.53. The monoisotopic (exact) mass is 364 g/mol. The fourth-order valence-corrected chi connectivity index (χ4v) is 6.09. The molecule has 4 aliphatic heterocycles. The maximum Gasteiger partial charge on any atom is 0.354 e. The summed E-state index contributed by atoms with van der Waals surface area (Å²) in [6.07, 6.45) is 5.47. The zero-order valence-corrected chi connectivity index (χ0v) is 15.6. The Hall–Kier alpha value is -2.11. The standard InChI is InChI=1S/C22H24N2O3/c1-2-26-21(25)17-13-22-9-12-27-18(22)8-11-23-10-7-15-14-5-3-4-6-16(14)24(17)19(15)20(22)23/h3-6,13,18,20H,2,7-12H2,1H3/t18-,20+,22+/m0/s1. The highest BCUT2D eigenvalue weighted by atomic mass is 16.5. The van der Waals surface area contributed by atoms with Gasteiger partial charge in [-0.15, -0.1) is 0 Å². The molecule has 5 nitrogen and oxygen atoms in total. The van der Waals surface area contributed by atoms with Gasteiger partial charge in [-0.2, -0.15) is 0 Å². The lowest BCUT2D eigenvalue weighted by molar-refractivity contribution is -0.136. The zero-order valence-electron chi connectivity index (χ0n) is 15.6. The Balaban J connectivity index is 1.69. The van der Waals surface area contributed by atoms with Gasteiger partial charge in [0.2, 0.25) is 0 Å². The van der Waals surface area contributed by atoms with Crippen molar-refractivity contribution in [1.82, 2.24) is 9.47 Å². The van der Waals surface area contributed by atoms with Crippen LogP contribution in [-0.4, -0.2) is 47.8 Å². The summed E-state index contributed by atoms with van der Waals surface area (Å²) in [4.78, 5) is 15.6. The van der Waals surface area contributed by atoms with Gasteiger partial charge < -0.3 is 14.0 Å². The largest absolute Gasteiger partial charge is 0.461 e. The van der Waals surface area contributed by atoms with E-state index in [-0.39, 0.29) is 17.5 Å². The quantitative estimate of drug-likeness (QED) is 0.768. The number of esters is 1. The normalized spacial score (nSPS) is 31.4. The minimum Gasteiger partial charge on any atom is -0.461 e. The summed E-state index contributed by atoms with van der Waals surface area (Å²) in [6, 6.07) is 8.79. The highest BCUT2D eigenvalue weighted by Crippen LogP contribution is 2.59. The van der Waals surface area contributed by atoms with E-state index < -0.39 is 0 Å². The van der Waals surface area contributed by atoms with Crippen molar-refractivity contribution in [3.63, 3.8) is 0 Å². The van der Waals surface area contributed by atoms with E-state index in [1.807, 2.05) is 6.92 Å². The second-order valence-corrected chi connectivity index (χ2v) is 8.17. The van der Waals surface area contributed by atoms with Crippen molar-refractivity contribution in [2.24, 2.45) is 5.41 Å². The highest BCUT2D eigenvalue weighted by Gasteiger charge is 2.58. The van der Waals surface area contributed by atoms with Crippen LogP contribution in [0.3, 0.4) is 0 Å². The predicted octanol–water partition coefficient (Wildman–Crippen LogP) is 3.14. The maximum atomic E-state index is 13.0. The minimum absolute atomic E-state index is 0.111. The third-order valence-electron chi connectivity index (χ3n) is 7.07. The van der Waals surface area contributed by atoms with Crippen molar-refractivity contribution in [2.45, 2.75) is 38.3 Å². The van der Waals surface area contributed by atoms with E-state index in [1.165, 1.54) is 16.6 Å². The molecule has 2 aromatic rings. The molecule has 5 heterocycles. The third kappa shape index (κ3) is 1.89. The fraction of sp³-hybridized carbons (Fsp3) is 0.500. The second-order valence-electron chi connectivity index (χ2n) is 8.17. The fourth-order valence-electron chi connectivity index (χ4n) is 6.09. The average molecular weight is 364 g/mol. The van der Waals surface area contributed by atoms with Crippen LogP contribution in [0.1, 0.15) is 37.1 Å². The first-order valence-electron chi connectivity index (χ1n) is 10.1. The summed E-state index contributed by atoms with van der Waals surface area (Å²) in [7, 11) is 0. The zero-order chi connectivity index (χ0) is 18.2. The Kier molecular flexibility index (Phi) is 3.21. The molecular weight excluding hydrogens is 340 g/mol. The SMILES string of the molecule is CCOC(=O)C1=C[C@]23CCO[C@H]2CCN2CCc4c(n1c1ccccc41)[C@@H]23. The number of benzene rings is 1. The van der Waals surface area contributed by atoms with Crippen molar-refractivity contribution >= 4 is 22.6 Å². The molecule has 1 aromatic carbocycles. The van der Waals surface area contributed by atoms with Crippen LogP contribution in [-0.2, 0) is 20.7 Å². The van der Waals surface area contributed by atoms with Gasteiger partial charge >= 0.3 is 5.97 Å².